The van der Waals surface area contributed by atoms with Crippen LogP contribution in [-0.4, -0.2) is 11.2 Å². The molecule has 0 rings (SSSR count). The van der Waals surface area contributed by atoms with Gasteiger partial charge in [-0.25, -0.2) is 0 Å². The first-order valence-corrected chi connectivity index (χ1v) is 1.04. The number of carbonyl (C=O) groups excluding carboxylic acids is 1. The van der Waals surface area contributed by atoms with Crippen LogP contribution in [0.25, 0.3) is 0 Å². The standard InChI is InChI=1S/CHNO.NO3/c2-1-3;2-1(3)4/h2H;/q;-1/p+1. The molecule has 0 heterocycles. The number of hydrogen-bond donors (Lipinski definition) is 1. The summed E-state index contributed by atoms with van der Waals surface area (Å²) in [7, 11) is 0. The Morgan fingerprint density at radius 1 is 1.57 bits per heavy atom. The molecule has 0 saturated carbocycles. The van der Waals surface area contributed by atoms with E-state index in [4.69, 9.17) is 20.1 Å². The molecule has 0 aliphatic heterocycles. The average molecular weight is 106 g/mol. The molecular formula is CH2N2O4. The van der Waals surface area contributed by atoms with Crippen LogP contribution >= 0.6 is 0 Å². The van der Waals surface area contributed by atoms with E-state index in [1.54, 1.807) is 0 Å². The van der Waals surface area contributed by atoms with Gasteiger partial charge in [-0.1, -0.05) is 0 Å². The van der Waals surface area contributed by atoms with Crippen LogP contribution in [0.15, 0.2) is 0 Å². The summed E-state index contributed by atoms with van der Waals surface area (Å²) in [5.74, 6) is 0. The van der Waals surface area contributed by atoms with Crippen LogP contribution in [0.2, 0.25) is 0 Å². The first kappa shape index (κ1) is 9.13. The summed E-state index contributed by atoms with van der Waals surface area (Å²) in [4.78, 5) is 16.7. The maximum Gasteiger partial charge on any atom is 0.420 e. The maximum atomic E-state index is 8.46. The summed E-state index contributed by atoms with van der Waals surface area (Å²) >= 11 is 0. The summed E-state index contributed by atoms with van der Waals surface area (Å²) < 4.78 is 0. The van der Waals surface area contributed by atoms with Gasteiger partial charge in [0, 0.05) is 0 Å². The zero-order chi connectivity index (χ0) is 6.28. The van der Waals surface area contributed by atoms with Crippen molar-refractivity contribution in [2.45, 2.75) is 0 Å². The van der Waals surface area contributed by atoms with Crippen LogP contribution in [0.5, 0.6) is 0 Å². The maximum absolute atomic E-state index is 8.46. The normalized spacial score (nSPS) is 4.57. The molecule has 0 aromatic rings. The lowest BCUT2D eigenvalue weighted by Gasteiger charge is -1.74. The number of hydrogen-bond acceptors (Lipinski definition) is 4. The molecule has 0 atom stereocenters. The molecule has 0 amide bonds. The van der Waals surface area contributed by atoms with Crippen molar-refractivity contribution in [3.8, 4) is 0 Å². The number of isocyanates is 1. The van der Waals surface area contributed by atoms with Crippen molar-refractivity contribution in [1.29, 1.82) is 0 Å². The zero-order valence-corrected chi connectivity index (χ0v) is 3.16. The lowest BCUT2D eigenvalue weighted by molar-refractivity contribution is -0.402. The predicted molar refractivity (Wildman–Crippen MR) is 18.0 cm³/mol. The van der Waals surface area contributed by atoms with Crippen LogP contribution in [0.3, 0.4) is 0 Å². The van der Waals surface area contributed by atoms with Gasteiger partial charge in [0.1, 0.15) is 0 Å². The Hall–Kier alpha value is -1.42. The number of rotatable bonds is 0. The topological polar surface area (TPSA) is 109 Å². The highest BCUT2D eigenvalue weighted by atomic mass is 16.9. The van der Waals surface area contributed by atoms with Gasteiger partial charge in [0.15, 0.2) is 0 Å². The fourth-order valence-electron chi connectivity index (χ4n) is 0. The highest BCUT2D eigenvalue weighted by Gasteiger charge is 1.45. The molecule has 7 heavy (non-hydrogen) atoms. The van der Waals surface area contributed by atoms with Crippen molar-refractivity contribution in [3.05, 3.63) is 15.3 Å². The predicted octanol–water partition coefficient (Wildman–Crippen LogP) is -2.16. The highest BCUT2D eigenvalue weighted by molar-refractivity contribution is 5.21. The van der Waals surface area contributed by atoms with E-state index >= 15 is 0 Å². The van der Waals surface area contributed by atoms with Crippen LogP contribution < -0.4 is 5.41 Å². The Kier molecular flexibility index (Phi) is 11.5. The third-order valence-electron chi connectivity index (χ3n) is 0. The third kappa shape index (κ3) is 15.1. The van der Waals surface area contributed by atoms with Crippen molar-refractivity contribution in [2.24, 2.45) is 0 Å². The molecule has 2 N–H and O–H groups in total. The van der Waals surface area contributed by atoms with Gasteiger partial charge >= 0.3 is 6.08 Å². The second kappa shape index (κ2) is 8.82. The van der Waals surface area contributed by atoms with E-state index in [2.05, 4.69) is 5.41 Å². The van der Waals surface area contributed by atoms with E-state index in [0.29, 0.717) is 0 Å². The van der Waals surface area contributed by atoms with Crippen LogP contribution in [0.1, 0.15) is 0 Å². The van der Waals surface area contributed by atoms with E-state index in [1.165, 1.54) is 0 Å². The molecule has 0 radical (unpaired) electrons. The summed E-state index contributed by atoms with van der Waals surface area (Å²) in [5, 5.41) is 18.8. The lowest BCUT2D eigenvalue weighted by Crippen LogP contribution is -2.24. The molecule has 0 bridgehead atoms. The van der Waals surface area contributed by atoms with Gasteiger partial charge in [0.05, 0.1) is 5.09 Å². The van der Waals surface area contributed by atoms with E-state index in [1.807, 2.05) is 0 Å². The van der Waals surface area contributed by atoms with E-state index < -0.39 is 5.09 Å². The molecule has 0 aliphatic carbocycles. The van der Waals surface area contributed by atoms with Gasteiger partial charge in [-0.15, -0.1) is 0 Å². The summed E-state index contributed by atoms with van der Waals surface area (Å²) in [6.07, 6.45) is 1.00. The van der Waals surface area contributed by atoms with Gasteiger partial charge in [-0.2, -0.15) is 10.2 Å². The van der Waals surface area contributed by atoms with Gasteiger partial charge in [0.2, 0.25) is 0 Å². The van der Waals surface area contributed by atoms with Crippen LogP contribution in [-0.2, 0) is 4.79 Å². The summed E-state index contributed by atoms with van der Waals surface area (Å²) in [5.41, 5.74) is 0. The Labute approximate surface area is 38.0 Å². The van der Waals surface area contributed by atoms with Crippen molar-refractivity contribution in [2.75, 3.05) is 0 Å². The summed E-state index contributed by atoms with van der Waals surface area (Å²) in [6.45, 7) is 0. The molecule has 0 aromatic carbocycles. The molecule has 6 nitrogen and oxygen atoms in total. The minimum atomic E-state index is -1.75. The van der Waals surface area contributed by atoms with Crippen molar-refractivity contribution >= 4 is 6.08 Å². The second-order valence-corrected chi connectivity index (χ2v) is 0.341. The highest BCUT2D eigenvalue weighted by Crippen LogP contribution is 1.44. The van der Waals surface area contributed by atoms with Gasteiger partial charge in [0.25, 0.3) is 0 Å². The van der Waals surface area contributed by atoms with Gasteiger partial charge in [-0.3, -0.25) is 0 Å². The molecule has 0 fully saturated rings. The fourth-order valence-corrected chi connectivity index (χ4v) is 0. The van der Waals surface area contributed by atoms with Crippen molar-refractivity contribution in [3.63, 3.8) is 0 Å². The Bertz CT molecular complexity index is 77.7. The molecular weight excluding hydrogens is 104 g/mol. The van der Waals surface area contributed by atoms with Crippen molar-refractivity contribution < 1.29 is 15.3 Å². The minimum absolute atomic E-state index is 1.00. The minimum Gasteiger partial charge on any atom is -0.356 e. The SMILES string of the molecule is O=[N+]([O-])[O-].[NH2+]=C=O. The Morgan fingerprint density at radius 3 is 1.57 bits per heavy atom. The molecule has 0 spiro atoms. The Balaban J connectivity index is 0. The molecule has 6 heteroatoms. The number of nitrogens with zero attached hydrogens (tertiary/aromatic N) is 1. The molecule has 0 unspecified atom stereocenters. The zero-order valence-electron chi connectivity index (χ0n) is 3.16. The first-order valence-electron chi connectivity index (χ1n) is 1.04. The fraction of sp³-hybridized carbons (Fsp3) is 0. The third-order valence-corrected chi connectivity index (χ3v) is 0. The van der Waals surface area contributed by atoms with Crippen LogP contribution in [0.4, 0.5) is 0 Å². The van der Waals surface area contributed by atoms with E-state index in [0.717, 1.165) is 6.08 Å². The second-order valence-electron chi connectivity index (χ2n) is 0.341. The van der Waals surface area contributed by atoms with E-state index in [9.17, 15) is 0 Å². The molecule has 0 aromatic heterocycles. The smallest absolute Gasteiger partial charge is 0.356 e. The Morgan fingerprint density at radius 2 is 1.57 bits per heavy atom. The van der Waals surface area contributed by atoms with Crippen molar-refractivity contribution in [1.82, 2.24) is 0 Å². The monoisotopic (exact) mass is 106 g/mol. The largest absolute Gasteiger partial charge is 0.420 e. The summed E-state index contributed by atoms with van der Waals surface area (Å²) in [6, 6.07) is 0. The quantitative estimate of drug-likeness (QED) is 0.164. The van der Waals surface area contributed by atoms with E-state index in [-0.39, 0.29) is 0 Å². The molecule has 0 saturated heterocycles. The molecule has 0 aliphatic rings. The van der Waals surface area contributed by atoms with Gasteiger partial charge in [-0.05, 0) is 0 Å². The first-order chi connectivity index (χ1) is 3.15. The van der Waals surface area contributed by atoms with Gasteiger partial charge < -0.3 is 15.3 Å². The average Bonchev–Trinajstić information content (AvgIpc) is 1.33. The lowest BCUT2D eigenvalue weighted by atomic mass is 11.7. The van der Waals surface area contributed by atoms with Crippen LogP contribution in [0, 0.1) is 15.3 Å². The number of nitrogens with two attached hydrogens (primary N) is 1. The molecule has 40 valence electrons.